The minimum atomic E-state index is 1.02. The van der Waals surface area contributed by atoms with Gasteiger partial charge in [0.2, 0.25) is 0 Å². The van der Waals surface area contributed by atoms with Crippen LogP contribution in [-0.2, 0) is 0 Å². The molecule has 0 atom stereocenters. The number of piperidine rings is 1. The molecule has 20 heavy (non-hydrogen) atoms. The van der Waals surface area contributed by atoms with E-state index >= 15 is 0 Å². The molecule has 1 nitrogen and oxygen atoms in total. The zero-order chi connectivity index (χ0) is 14.2. The molecule has 0 spiro atoms. The summed E-state index contributed by atoms with van der Waals surface area (Å²) >= 11 is 0. The Balaban J connectivity index is 0.000000704. The van der Waals surface area contributed by atoms with Gasteiger partial charge in [0, 0.05) is 18.8 Å². The second-order valence-corrected chi connectivity index (χ2v) is 6.06. The predicted octanol–water partition coefficient (Wildman–Crippen LogP) is 5.51. The van der Waals surface area contributed by atoms with Crippen LogP contribution >= 0.6 is 0 Å². The first kappa shape index (κ1) is 15.4. The van der Waals surface area contributed by atoms with Gasteiger partial charge in [0.25, 0.3) is 0 Å². The number of nitrogens with zero attached hydrogens (tertiary/aromatic N) is 1. The van der Waals surface area contributed by atoms with Crippen molar-refractivity contribution in [2.45, 2.75) is 58.8 Å². The Bertz CT molecular complexity index is 345. The van der Waals surface area contributed by atoms with E-state index in [4.69, 9.17) is 0 Å². The van der Waals surface area contributed by atoms with E-state index in [0.717, 1.165) is 11.8 Å². The number of hydrogen-bond donors (Lipinski definition) is 0. The molecule has 2 aliphatic rings. The van der Waals surface area contributed by atoms with E-state index < -0.39 is 0 Å². The van der Waals surface area contributed by atoms with Gasteiger partial charge in [-0.25, -0.2) is 0 Å². The normalized spacial score (nSPS) is 21.2. The molecule has 0 N–H and O–H groups in total. The molecule has 1 aliphatic carbocycles. The van der Waals surface area contributed by atoms with Crippen molar-refractivity contribution in [1.29, 1.82) is 0 Å². The fraction of sp³-hybridized carbons (Fsp3) is 0.684. The van der Waals surface area contributed by atoms with Crippen LogP contribution < -0.4 is 4.90 Å². The highest BCUT2D eigenvalue weighted by Gasteiger charge is 2.27. The summed E-state index contributed by atoms with van der Waals surface area (Å²) in [5.74, 6) is 2.07. The Hall–Kier alpha value is -0.980. The molecule has 1 heterocycles. The van der Waals surface area contributed by atoms with Crippen molar-refractivity contribution in [1.82, 2.24) is 0 Å². The van der Waals surface area contributed by atoms with Crippen molar-refractivity contribution in [3.8, 4) is 0 Å². The molecule has 1 aromatic rings. The van der Waals surface area contributed by atoms with Gasteiger partial charge in [-0.05, 0) is 36.8 Å². The van der Waals surface area contributed by atoms with Crippen LogP contribution in [0.2, 0.25) is 0 Å². The Kier molecular flexibility index (Phi) is 6.42. The summed E-state index contributed by atoms with van der Waals surface area (Å²) in [6, 6.07) is 10.9. The van der Waals surface area contributed by atoms with Gasteiger partial charge >= 0.3 is 0 Å². The van der Waals surface area contributed by atoms with Gasteiger partial charge in [-0.2, -0.15) is 0 Å². The van der Waals surface area contributed by atoms with Crippen LogP contribution in [0.1, 0.15) is 58.8 Å². The van der Waals surface area contributed by atoms with Crippen LogP contribution in [-0.4, -0.2) is 13.1 Å². The Morgan fingerprint density at radius 3 is 1.90 bits per heavy atom. The van der Waals surface area contributed by atoms with Crippen molar-refractivity contribution in [2.24, 2.45) is 11.8 Å². The molecule has 1 aromatic carbocycles. The molecule has 0 amide bonds. The minimum Gasteiger partial charge on any atom is -0.372 e. The number of anilines is 1. The van der Waals surface area contributed by atoms with Gasteiger partial charge in [0.15, 0.2) is 0 Å². The Labute approximate surface area is 125 Å². The first-order valence-corrected chi connectivity index (χ1v) is 8.73. The zero-order valence-electron chi connectivity index (χ0n) is 13.4. The van der Waals surface area contributed by atoms with E-state index in [0.29, 0.717) is 0 Å². The van der Waals surface area contributed by atoms with E-state index in [1.54, 1.807) is 0 Å². The van der Waals surface area contributed by atoms with Crippen LogP contribution in [0.5, 0.6) is 0 Å². The number of rotatable bonds is 2. The van der Waals surface area contributed by atoms with Crippen molar-refractivity contribution in [3.05, 3.63) is 30.3 Å². The lowest BCUT2D eigenvalue weighted by atomic mass is 9.76. The molecule has 0 bridgehead atoms. The lowest BCUT2D eigenvalue weighted by Gasteiger charge is -2.38. The average Bonchev–Trinajstić information content (AvgIpc) is 2.58. The molecule has 1 saturated heterocycles. The number of hydrogen-bond acceptors (Lipinski definition) is 1. The van der Waals surface area contributed by atoms with Crippen LogP contribution in [0.25, 0.3) is 0 Å². The Morgan fingerprint density at radius 2 is 1.30 bits per heavy atom. The molecule has 1 heteroatoms. The molecule has 0 radical (unpaired) electrons. The highest BCUT2D eigenvalue weighted by atomic mass is 15.1. The summed E-state index contributed by atoms with van der Waals surface area (Å²) < 4.78 is 0. The fourth-order valence-electron chi connectivity index (χ4n) is 3.87. The summed E-state index contributed by atoms with van der Waals surface area (Å²) in [7, 11) is 0. The smallest absolute Gasteiger partial charge is 0.0366 e. The second kappa shape index (κ2) is 8.34. The first-order valence-electron chi connectivity index (χ1n) is 8.73. The number of benzene rings is 1. The van der Waals surface area contributed by atoms with E-state index in [1.165, 1.54) is 63.7 Å². The highest BCUT2D eigenvalue weighted by Crippen LogP contribution is 2.36. The first-order chi connectivity index (χ1) is 9.93. The van der Waals surface area contributed by atoms with E-state index in [1.807, 2.05) is 13.8 Å². The van der Waals surface area contributed by atoms with Crippen molar-refractivity contribution < 1.29 is 0 Å². The lowest BCUT2D eigenvalue weighted by molar-refractivity contribution is 0.213. The third kappa shape index (κ3) is 4.01. The SMILES string of the molecule is CC.c1ccc(N2CCC(C3CCCCC3)CC2)cc1. The molecule has 0 unspecified atom stereocenters. The standard InChI is InChI=1S/C17H25N.C2H6/c1-3-7-15(8-4-1)16-11-13-18(14-12-16)17-9-5-2-6-10-17;1-2/h2,5-6,9-10,15-16H,1,3-4,7-8,11-14H2;1-2H3. The van der Waals surface area contributed by atoms with E-state index in [9.17, 15) is 0 Å². The molecule has 112 valence electrons. The molecule has 1 aliphatic heterocycles. The van der Waals surface area contributed by atoms with E-state index in [2.05, 4.69) is 35.2 Å². The maximum Gasteiger partial charge on any atom is 0.0366 e. The number of para-hydroxylation sites is 1. The minimum absolute atomic E-state index is 1.02. The van der Waals surface area contributed by atoms with Crippen LogP contribution in [0.15, 0.2) is 30.3 Å². The Morgan fingerprint density at radius 1 is 0.750 bits per heavy atom. The van der Waals surface area contributed by atoms with Gasteiger partial charge in [-0.3, -0.25) is 0 Å². The summed E-state index contributed by atoms with van der Waals surface area (Å²) in [5.41, 5.74) is 1.42. The van der Waals surface area contributed by atoms with Crippen LogP contribution in [0.4, 0.5) is 5.69 Å². The quantitative estimate of drug-likeness (QED) is 0.686. The summed E-state index contributed by atoms with van der Waals surface area (Å²) in [6.07, 6.45) is 10.3. The molecule has 0 aromatic heterocycles. The summed E-state index contributed by atoms with van der Waals surface area (Å²) in [5, 5.41) is 0. The van der Waals surface area contributed by atoms with Crippen molar-refractivity contribution in [3.63, 3.8) is 0 Å². The topological polar surface area (TPSA) is 3.24 Å². The van der Waals surface area contributed by atoms with Gasteiger partial charge < -0.3 is 4.90 Å². The second-order valence-electron chi connectivity index (χ2n) is 6.06. The largest absolute Gasteiger partial charge is 0.372 e. The molecule has 3 rings (SSSR count). The summed E-state index contributed by atoms with van der Waals surface area (Å²) in [4.78, 5) is 2.57. The van der Waals surface area contributed by atoms with Gasteiger partial charge in [0.05, 0.1) is 0 Å². The third-order valence-corrected chi connectivity index (χ3v) is 4.98. The molecular weight excluding hydrogens is 242 g/mol. The average molecular weight is 273 g/mol. The third-order valence-electron chi connectivity index (χ3n) is 4.98. The predicted molar refractivity (Wildman–Crippen MR) is 89.3 cm³/mol. The fourth-order valence-corrected chi connectivity index (χ4v) is 3.87. The zero-order valence-corrected chi connectivity index (χ0v) is 13.4. The molecular formula is C19H31N. The van der Waals surface area contributed by atoms with Crippen LogP contribution in [0.3, 0.4) is 0 Å². The maximum atomic E-state index is 2.57. The maximum absolute atomic E-state index is 2.57. The van der Waals surface area contributed by atoms with Crippen LogP contribution in [0, 0.1) is 11.8 Å². The summed E-state index contributed by atoms with van der Waals surface area (Å²) in [6.45, 7) is 6.54. The lowest BCUT2D eigenvalue weighted by Crippen LogP contribution is -2.36. The van der Waals surface area contributed by atoms with Gasteiger partial charge in [-0.15, -0.1) is 0 Å². The molecule has 1 saturated carbocycles. The van der Waals surface area contributed by atoms with E-state index in [-0.39, 0.29) is 0 Å². The molecule has 2 fully saturated rings. The monoisotopic (exact) mass is 273 g/mol. The van der Waals surface area contributed by atoms with Gasteiger partial charge in [-0.1, -0.05) is 64.2 Å². The highest BCUT2D eigenvalue weighted by molar-refractivity contribution is 5.46. The van der Waals surface area contributed by atoms with Crippen molar-refractivity contribution in [2.75, 3.05) is 18.0 Å². The van der Waals surface area contributed by atoms with Gasteiger partial charge in [0.1, 0.15) is 0 Å². The van der Waals surface area contributed by atoms with Crippen molar-refractivity contribution >= 4 is 5.69 Å².